The standard InChI is InChI=1S/C10H17BrN4O/c1-3-8(11)9-12-10(13-16-9)15-6-4-14(2)5-7-15/h8H,3-7H2,1-2H3. The molecule has 90 valence electrons. The molecule has 1 aliphatic rings. The maximum atomic E-state index is 5.23. The maximum Gasteiger partial charge on any atom is 0.266 e. The highest BCUT2D eigenvalue weighted by molar-refractivity contribution is 9.09. The van der Waals surface area contributed by atoms with E-state index in [2.05, 4.69) is 49.8 Å². The van der Waals surface area contributed by atoms with E-state index < -0.39 is 0 Å². The molecule has 2 heterocycles. The van der Waals surface area contributed by atoms with Gasteiger partial charge in [-0.05, 0) is 18.6 Å². The Hall–Kier alpha value is -0.620. The van der Waals surface area contributed by atoms with Crippen molar-refractivity contribution in [2.45, 2.75) is 18.2 Å². The number of alkyl halides is 1. The van der Waals surface area contributed by atoms with Crippen LogP contribution in [0.3, 0.4) is 0 Å². The molecule has 1 aliphatic heterocycles. The first-order valence-electron chi connectivity index (χ1n) is 5.62. The number of hydrogen-bond donors (Lipinski definition) is 0. The number of rotatable bonds is 3. The van der Waals surface area contributed by atoms with E-state index in [9.17, 15) is 0 Å². The first-order chi connectivity index (χ1) is 7.70. The summed E-state index contributed by atoms with van der Waals surface area (Å²) < 4.78 is 5.23. The summed E-state index contributed by atoms with van der Waals surface area (Å²) in [5, 5.41) is 4.03. The lowest BCUT2D eigenvalue weighted by atomic mass is 10.3. The van der Waals surface area contributed by atoms with Gasteiger partial charge in [0.2, 0.25) is 5.89 Å². The normalized spacial score (nSPS) is 20.1. The van der Waals surface area contributed by atoms with Crippen LogP contribution >= 0.6 is 15.9 Å². The summed E-state index contributed by atoms with van der Waals surface area (Å²) in [4.78, 5) is 9.05. The SMILES string of the molecule is CCC(Br)c1nc(N2CCN(C)CC2)no1. The third-order valence-corrected chi connectivity index (χ3v) is 3.88. The maximum absolute atomic E-state index is 5.23. The summed E-state index contributed by atoms with van der Waals surface area (Å²) in [6, 6.07) is 0. The van der Waals surface area contributed by atoms with Crippen LogP contribution < -0.4 is 4.90 Å². The van der Waals surface area contributed by atoms with Crippen LogP contribution in [0.1, 0.15) is 24.1 Å². The van der Waals surface area contributed by atoms with Gasteiger partial charge in [0.1, 0.15) is 0 Å². The molecule has 0 N–H and O–H groups in total. The predicted octanol–water partition coefficient (Wildman–Crippen LogP) is 1.67. The van der Waals surface area contributed by atoms with Crippen LogP contribution in [0.5, 0.6) is 0 Å². The Labute approximate surface area is 104 Å². The van der Waals surface area contributed by atoms with Gasteiger partial charge in [-0.2, -0.15) is 4.98 Å². The van der Waals surface area contributed by atoms with Crippen LogP contribution in [-0.4, -0.2) is 48.3 Å². The number of piperazine rings is 1. The van der Waals surface area contributed by atoms with Crippen LogP contribution in [0.25, 0.3) is 0 Å². The third-order valence-electron chi connectivity index (χ3n) is 2.84. The Kier molecular flexibility index (Phi) is 3.81. The number of halogens is 1. The number of likely N-dealkylation sites (N-methyl/N-ethyl adjacent to an activating group) is 1. The Bertz CT molecular complexity index is 335. The first kappa shape index (κ1) is 11.9. The second-order valence-electron chi connectivity index (χ2n) is 4.10. The van der Waals surface area contributed by atoms with Crippen molar-refractivity contribution in [1.29, 1.82) is 0 Å². The highest BCUT2D eigenvalue weighted by Gasteiger charge is 2.20. The zero-order valence-corrected chi connectivity index (χ0v) is 11.3. The van der Waals surface area contributed by atoms with Gasteiger partial charge in [0.05, 0.1) is 4.83 Å². The molecule has 1 fully saturated rings. The molecule has 1 saturated heterocycles. The Morgan fingerprint density at radius 2 is 2.06 bits per heavy atom. The van der Waals surface area contributed by atoms with E-state index in [1.165, 1.54) is 0 Å². The van der Waals surface area contributed by atoms with Crippen molar-refractivity contribution in [3.8, 4) is 0 Å². The molecule has 0 amide bonds. The molecular formula is C10H17BrN4O. The quantitative estimate of drug-likeness (QED) is 0.792. The van der Waals surface area contributed by atoms with Gasteiger partial charge in [-0.25, -0.2) is 0 Å². The number of hydrogen-bond acceptors (Lipinski definition) is 5. The molecule has 0 radical (unpaired) electrons. The Morgan fingerprint density at radius 3 is 2.69 bits per heavy atom. The third kappa shape index (κ3) is 2.55. The number of anilines is 1. The van der Waals surface area contributed by atoms with Crippen molar-refractivity contribution in [3.63, 3.8) is 0 Å². The fourth-order valence-corrected chi connectivity index (χ4v) is 1.85. The largest absolute Gasteiger partial charge is 0.336 e. The molecule has 0 aliphatic carbocycles. The van der Waals surface area contributed by atoms with E-state index in [0.717, 1.165) is 38.5 Å². The fraction of sp³-hybridized carbons (Fsp3) is 0.800. The molecule has 0 saturated carbocycles. The first-order valence-corrected chi connectivity index (χ1v) is 6.53. The molecule has 0 spiro atoms. The van der Waals surface area contributed by atoms with Gasteiger partial charge in [-0.15, -0.1) is 0 Å². The molecule has 1 aromatic heterocycles. The minimum atomic E-state index is 0.168. The van der Waals surface area contributed by atoms with Crippen LogP contribution in [0.4, 0.5) is 5.95 Å². The van der Waals surface area contributed by atoms with Gasteiger partial charge in [-0.1, -0.05) is 22.9 Å². The van der Waals surface area contributed by atoms with E-state index in [1.807, 2.05) is 0 Å². The monoisotopic (exact) mass is 288 g/mol. The summed E-state index contributed by atoms with van der Waals surface area (Å²) in [6.45, 7) is 6.12. The molecule has 0 aromatic carbocycles. The smallest absolute Gasteiger partial charge is 0.266 e. The zero-order chi connectivity index (χ0) is 11.5. The van der Waals surface area contributed by atoms with Gasteiger partial charge in [0, 0.05) is 26.2 Å². The van der Waals surface area contributed by atoms with Gasteiger partial charge in [0.25, 0.3) is 5.95 Å². The Morgan fingerprint density at radius 1 is 1.38 bits per heavy atom. The van der Waals surface area contributed by atoms with Crippen molar-refractivity contribution in [1.82, 2.24) is 15.0 Å². The molecular weight excluding hydrogens is 272 g/mol. The van der Waals surface area contributed by atoms with Crippen molar-refractivity contribution >= 4 is 21.9 Å². The van der Waals surface area contributed by atoms with E-state index in [4.69, 9.17) is 4.52 Å². The lowest BCUT2D eigenvalue weighted by Gasteiger charge is -2.31. The zero-order valence-electron chi connectivity index (χ0n) is 9.69. The Balaban J connectivity index is 2.01. The summed E-state index contributed by atoms with van der Waals surface area (Å²) in [5.74, 6) is 1.40. The molecule has 0 bridgehead atoms. The molecule has 1 unspecified atom stereocenters. The summed E-state index contributed by atoms with van der Waals surface area (Å²) >= 11 is 3.51. The summed E-state index contributed by atoms with van der Waals surface area (Å²) in [6.07, 6.45) is 0.949. The average Bonchev–Trinajstić information content (AvgIpc) is 2.78. The predicted molar refractivity (Wildman–Crippen MR) is 66.0 cm³/mol. The average molecular weight is 289 g/mol. The van der Waals surface area contributed by atoms with Gasteiger partial charge < -0.3 is 14.3 Å². The molecule has 2 rings (SSSR count). The van der Waals surface area contributed by atoms with E-state index in [1.54, 1.807) is 0 Å². The second kappa shape index (κ2) is 5.14. The topological polar surface area (TPSA) is 45.4 Å². The van der Waals surface area contributed by atoms with Crippen molar-refractivity contribution in [3.05, 3.63) is 5.89 Å². The lowest BCUT2D eigenvalue weighted by molar-refractivity contribution is 0.308. The second-order valence-corrected chi connectivity index (χ2v) is 5.20. The van der Waals surface area contributed by atoms with Crippen LogP contribution in [0.2, 0.25) is 0 Å². The fourth-order valence-electron chi connectivity index (χ4n) is 1.66. The van der Waals surface area contributed by atoms with Crippen LogP contribution in [-0.2, 0) is 0 Å². The van der Waals surface area contributed by atoms with Gasteiger partial charge in [-0.3, -0.25) is 0 Å². The number of aromatic nitrogens is 2. The molecule has 5 nitrogen and oxygen atoms in total. The lowest BCUT2D eigenvalue weighted by Crippen LogP contribution is -2.44. The summed E-state index contributed by atoms with van der Waals surface area (Å²) in [7, 11) is 2.13. The minimum Gasteiger partial charge on any atom is -0.336 e. The molecule has 1 atom stereocenters. The summed E-state index contributed by atoms with van der Waals surface area (Å²) in [5.41, 5.74) is 0. The van der Waals surface area contributed by atoms with Crippen molar-refractivity contribution in [2.75, 3.05) is 38.1 Å². The van der Waals surface area contributed by atoms with E-state index in [-0.39, 0.29) is 4.83 Å². The van der Waals surface area contributed by atoms with Crippen molar-refractivity contribution in [2.24, 2.45) is 0 Å². The minimum absolute atomic E-state index is 0.168. The van der Waals surface area contributed by atoms with E-state index >= 15 is 0 Å². The molecule has 1 aromatic rings. The molecule has 6 heteroatoms. The number of nitrogens with zero attached hydrogens (tertiary/aromatic N) is 4. The van der Waals surface area contributed by atoms with Crippen LogP contribution in [0.15, 0.2) is 4.52 Å². The van der Waals surface area contributed by atoms with E-state index in [0.29, 0.717) is 5.89 Å². The van der Waals surface area contributed by atoms with Gasteiger partial charge in [0.15, 0.2) is 0 Å². The van der Waals surface area contributed by atoms with Crippen LogP contribution in [0, 0.1) is 0 Å². The molecule has 16 heavy (non-hydrogen) atoms. The van der Waals surface area contributed by atoms with Crippen molar-refractivity contribution < 1.29 is 4.52 Å². The highest BCUT2D eigenvalue weighted by atomic mass is 79.9. The van der Waals surface area contributed by atoms with Gasteiger partial charge >= 0.3 is 0 Å². The highest BCUT2D eigenvalue weighted by Crippen LogP contribution is 2.25.